The Morgan fingerprint density at radius 3 is 1.35 bits per heavy atom. The van der Waals surface area contributed by atoms with Crippen LogP contribution in [0.3, 0.4) is 0 Å². The van der Waals surface area contributed by atoms with Gasteiger partial charge in [0.25, 0.3) is 0 Å². The molecule has 0 fully saturated rings. The molecule has 484 valence electrons. The zero-order valence-corrected chi connectivity index (χ0v) is 57.8. The molecule has 0 unspecified atom stereocenters. The second-order valence-corrected chi connectivity index (χ2v) is 32.0. The number of rotatable bonds is 5. The minimum atomic E-state index is -0.0607. The van der Waals surface area contributed by atoms with E-state index in [4.69, 9.17) is 4.42 Å². The standard InChI is InChI=1S/C102H55N3O/c1-102(2,3)59-48-83-88-60-20-8-7-19-52(60)39-75-71-36-35-61(89-84(49-59)96(83)105(97(71)89)99(75)88)53-31-32-54-40-80-78-42-55(41-77-79-46-58(47-82-91(73(54)38-53)100(80)104(93(77)78)95(79)82)87-67-24-11-9-22-65(67)86(50-17-5-4-6-18-50)66-23-10-12-25-68(66)87)51-33-34-62-56(37-51)43-76-70-28-16-27-69-74-44-57(45-81-90(62)98(76)103(92(69)70)94(74)81)63-26-15-29-72-64-21-13-14-30-85(64)106-101(63)72/h4-49H,1-3H3. The quantitative estimate of drug-likeness (QED) is 0.158. The van der Waals surface area contributed by atoms with Gasteiger partial charge in [-0.05, 0) is 200 Å². The molecule has 0 aliphatic rings. The first-order valence-corrected chi connectivity index (χ1v) is 37.4. The smallest absolute Gasteiger partial charge is 0.143 e. The maximum atomic E-state index is 6.76. The van der Waals surface area contributed by atoms with E-state index in [1.807, 2.05) is 0 Å². The monoisotopic (exact) mass is 1340 g/mol. The Labute approximate surface area is 602 Å². The van der Waals surface area contributed by atoms with Crippen molar-refractivity contribution in [3.8, 4) is 55.6 Å². The molecule has 0 saturated carbocycles. The average Bonchev–Trinajstić information content (AvgIpc) is 1.50. The van der Waals surface area contributed by atoms with Crippen LogP contribution in [0.4, 0.5) is 0 Å². The van der Waals surface area contributed by atoms with Gasteiger partial charge in [0.05, 0.1) is 49.7 Å². The van der Waals surface area contributed by atoms with Crippen molar-refractivity contribution in [3.63, 3.8) is 0 Å². The third-order valence-corrected chi connectivity index (χ3v) is 26.0. The highest BCUT2D eigenvalue weighted by Gasteiger charge is 2.34. The fourth-order valence-corrected chi connectivity index (χ4v) is 21.7. The van der Waals surface area contributed by atoms with Crippen LogP contribution in [0.1, 0.15) is 26.3 Å². The molecular formula is C102H55N3O. The summed E-state index contributed by atoms with van der Waals surface area (Å²) in [5.41, 5.74) is 27.2. The Bertz CT molecular complexity index is 8730. The highest BCUT2D eigenvalue weighted by atomic mass is 16.3. The van der Waals surface area contributed by atoms with Crippen molar-refractivity contribution in [2.75, 3.05) is 0 Å². The molecule has 18 aromatic carbocycles. The summed E-state index contributed by atoms with van der Waals surface area (Å²) < 4.78 is 14.7. The first-order chi connectivity index (χ1) is 52.2. The second kappa shape index (κ2) is 17.9. The van der Waals surface area contributed by atoms with E-state index in [0.29, 0.717) is 0 Å². The Morgan fingerprint density at radius 2 is 0.642 bits per heavy atom. The molecule has 0 saturated heterocycles. The van der Waals surface area contributed by atoms with E-state index < -0.39 is 0 Å². The molecule has 106 heavy (non-hydrogen) atoms. The number of hydrogen-bond acceptors (Lipinski definition) is 1. The van der Waals surface area contributed by atoms with E-state index in [0.717, 1.165) is 27.5 Å². The first-order valence-electron chi connectivity index (χ1n) is 37.4. The predicted octanol–water partition coefficient (Wildman–Crippen LogP) is 28.5. The van der Waals surface area contributed by atoms with Crippen LogP contribution >= 0.6 is 0 Å². The van der Waals surface area contributed by atoms with Crippen molar-refractivity contribution >= 4 is 222 Å². The zero-order valence-electron chi connectivity index (χ0n) is 57.8. The molecule has 28 rings (SSSR count). The van der Waals surface area contributed by atoms with Crippen LogP contribution in [-0.4, -0.2) is 13.2 Å². The lowest BCUT2D eigenvalue weighted by Gasteiger charge is -2.19. The molecule has 0 bridgehead atoms. The number of benzene rings is 18. The normalized spacial score (nSPS) is 13.4. The van der Waals surface area contributed by atoms with Crippen LogP contribution in [0.25, 0.3) is 278 Å². The van der Waals surface area contributed by atoms with Crippen LogP contribution in [0.2, 0.25) is 0 Å². The Morgan fingerprint density at radius 1 is 0.217 bits per heavy atom. The molecule has 0 spiro atoms. The fraction of sp³-hybridized carbons (Fsp3) is 0.0392. The van der Waals surface area contributed by atoms with E-state index in [2.05, 4.69) is 313 Å². The van der Waals surface area contributed by atoms with E-state index in [9.17, 15) is 0 Å². The molecule has 4 nitrogen and oxygen atoms in total. The summed E-state index contributed by atoms with van der Waals surface area (Å²) in [6.45, 7) is 7.12. The number of aromatic nitrogens is 3. The maximum absolute atomic E-state index is 6.76. The van der Waals surface area contributed by atoms with E-state index >= 15 is 0 Å². The molecule has 28 aromatic rings. The van der Waals surface area contributed by atoms with E-state index in [1.165, 1.54) is 256 Å². The molecule has 4 heteroatoms. The Balaban J connectivity index is 0.711. The summed E-state index contributed by atoms with van der Waals surface area (Å²) in [7, 11) is 0. The molecular weight excluding hydrogens is 1280 g/mol. The summed E-state index contributed by atoms with van der Waals surface area (Å²) in [6, 6.07) is 108. The van der Waals surface area contributed by atoms with Crippen LogP contribution in [-0.2, 0) is 5.41 Å². The zero-order chi connectivity index (χ0) is 68.5. The average molecular weight is 1340 g/mol. The van der Waals surface area contributed by atoms with Gasteiger partial charge in [-0.2, -0.15) is 0 Å². The highest BCUT2D eigenvalue weighted by Crippen LogP contribution is 2.58. The van der Waals surface area contributed by atoms with Gasteiger partial charge in [-0.3, -0.25) is 0 Å². The molecule has 0 aliphatic carbocycles. The van der Waals surface area contributed by atoms with Crippen LogP contribution in [0.5, 0.6) is 0 Å². The van der Waals surface area contributed by atoms with Gasteiger partial charge in [0.2, 0.25) is 0 Å². The van der Waals surface area contributed by atoms with Gasteiger partial charge in [-0.15, -0.1) is 0 Å². The molecule has 10 aromatic heterocycles. The second-order valence-electron chi connectivity index (χ2n) is 32.0. The first kappa shape index (κ1) is 54.2. The molecule has 0 aliphatic heterocycles. The number of fused-ring (bicyclic) bond motifs is 20. The lowest BCUT2D eigenvalue weighted by Crippen LogP contribution is -2.10. The highest BCUT2D eigenvalue weighted by molar-refractivity contribution is 6.44. The number of furan rings is 1. The minimum absolute atomic E-state index is 0.0607. The number of nitrogens with zero attached hydrogens (tertiary/aromatic N) is 3. The molecule has 0 N–H and O–H groups in total. The van der Waals surface area contributed by atoms with Gasteiger partial charge in [-0.25, -0.2) is 0 Å². The van der Waals surface area contributed by atoms with Crippen molar-refractivity contribution in [3.05, 3.63) is 285 Å². The minimum Gasteiger partial charge on any atom is -0.455 e. The number of para-hydroxylation sites is 3. The Hall–Kier alpha value is -13.5. The van der Waals surface area contributed by atoms with E-state index in [-0.39, 0.29) is 5.41 Å². The fourth-order valence-electron chi connectivity index (χ4n) is 21.7. The molecule has 0 radical (unpaired) electrons. The maximum Gasteiger partial charge on any atom is 0.143 e. The van der Waals surface area contributed by atoms with Gasteiger partial charge in [0.1, 0.15) is 11.2 Å². The lowest BCUT2D eigenvalue weighted by molar-refractivity contribution is 0.592. The van der Waals surface area contributed by atoms with Crippen molar-refractivity contribution in [2.45, 2.75) is 26.2 Å². The molecule has 0 atom stereocenters. The van der Waals surface area contributed by atoms with Crippen LogP contribution in [0.15, 0.2) is 283 Å². The Kier molecular flexibility index (Phi) is 9.15. The summed E-state index contributed by atoms with van der Waals surface area (Å²) in [5.74, 6) is 0. The van der Waals surface area contributed by atoms with E-state index in [1.54, 1.807) is 0 Å². The van der Waals surface area contributed by atoms with Crippen LogP contribution < -0.4 is 0 Å². The van der Waals surface area contributed by atoms with Crippen molar-refractivity contribution in [2.24, 2.45) is 0 Å². The lowest BCUT2D eigenvalue weighted by atomic mass is 9.84. The summed E-state index contributed by atoms with van der Waals surface area (Å²) in [5, 5.41) is 38.6. The van der Waals surface area contributed by atoms with Crippen molar-refractivity contribution < 1.29 is 4.42 Å². The SMILES string of the molecule is CC(C)(C)c1cc2c3c(-c4ccc5cc6c7cc(-c8ccc9c(c8)cc8c%10cccc%11c%12cc(-c%13cccc%14c%13oc%13ccccc%13%14)cc%13c9c8n(c%11%10)c%12%13)cc8c9cc(-c%10c%11ccccc%11c(-c%11ccccc%11)c%11ccccc%10%11)cc%10c(c5c4)c6n(c87)c9%10)ccc4c5cc6ccccc6c6c(c1)c2n(c43)c56. The van der Waals surface area contributed by atoms with Crippen LogP contribution in [0, 0.1) is 0 Å². The predicted molar refractivity (Wildman–Crippen MR) is 451 cm³/mol. The molecule has 0 amide bonds. The van der Waals surface area contributed by atoms with Gasteiger partial charge < -0.3 is 17.6 Å². The molecule has 10 heterocycles. The topological polar surface area (TPSA) is 26.4 Å². The largest absolute Gasteiger partial charge is 0.455 e. The van der Waals surface area contributed by atoms with Crippen molar-refractivity contribution in [1.29, 1.82) is 0 Å². The third kappa shape index (κ3) is 6.14. The summed E-state index contributed by atoms with van der Waals surface area (Å²) in [4.78, 5) is 0. The van der Waals surface area contributed by atoms with Gasteiger partial charge in [0, 0.05) is 113 Å². The number of hydrogen-bond donors (Lipinski definition) is 0. The van der Waals surface area contributed by atoms with Gasteiger partial charge >= 0.3 is 0 Å². The van der Waals surface area contributed by atoms with Gasteiger partial charge in [0.15, 0.2) is 0 Å². The summed E-state index contributed by atoms with van der Waals surface area (Å²) in [6.07, 6.45) is 0. The summed E-state index contributed by atoms with van der Waals surface area (Å²) >= 11 is 0. The van der Waals surface area contributed by atoms with Gasteiger partial charge in [-0.1, -0.05) is 215 Å². The third-order valence-electron chi connectivity index (χ3n) is 26.0. The van der Waals surface area contributed by atoms with Crippen molar-refractivity contribution in [1.82, 2.24) is 13.2 Å².